The lowest BCUT2D eigenvalue weighted by molar-refractivity contribution is -0.0468. The molecule has 53 heavy (non-hydrogen) atoms. The number of nitrogens with zero attached hydrogens (tertiary/aromatic N) is 4. The lowest BCUT2D eigenvalue weighted by Gasteiger charge is -2.45. The van der Waals surface area contributed by atoms with Crippen molar-refractivity contribution in [1.82, 2.24) is 19.5 Å². The molecule has 0 spiro atoms. The van der Waals surface area contributed by atoms with Gasteiger partial charge in [-0.3, -0.25) is 4.57 Å². The van der Waals surface area contributed by atoms with Gasteiger partial charge in [-0.15, -0.1) is 0 Å². The summed E-state index contributed by atoms with van der Waals surface area (Å²) in [5, 5.41) is 16.5. The Morgan fingerprint density at radius 2 is 1.13 bits per heavy atom. The van der Waals surface area contributed by atoms with Gasteiger partial charge in [0.25, 0.3) is 16.6 Å². The molecule has 0 amide bonds. The molecule has 0 saturated carbocycles. The molecule has 0 bridgehead atoms. The minimum atomic E-state index is -3.18. The molecular weight excluding hydrogens is 695 g/mol. The van der Waals surface area contributed by atoms with Crippen LogP contribution in [0.25, 0.3) is 11.2 Å². The van der Waals surface area contributed by atoms with Crippen LogP contribution in [0.3, 0.4) is 0 Å². The van der Waals surface area contributed by atoms with E-state index in [-0.39, 0.29) is 22.5 Å². The molecule has 1 aliphatic heterocycles. The van der Waals surface area contributed by atoms with E-state index in [1.165, 1.54) is 6.33 Å². The standard InChI is InChI=1S/C42H49N5O4Si2/c1-41(2,3)52(30-19-11-7-12-20-30,31-21-13-8-14-22-31)49-27-34-36(48)37(40(50-34)47-29-46-35-38(43)44-28-45-39(35)47)51-53(42(4,5)6,32-23-15-9-16-24-32)33-25-17-10-18-26-33/h7-26,28-29,34,36-37,40,48H,27H2,1-6H3,(H2,43,44,45)/t34-,36-,37+,40-/m1/s1. The van der Waals surface area contributed by atoms with E-state index in [2.05, 4.69) is 154 Å². The second-order valence-corrected chi connectivity index (χ2v) is 24.4. The average Bonchev–Trinajstić information content (AvgIpc) is 3.72. The Hall–Kier alpha value is -4.50. The van der Waals surface area contributed by atoms with Gasteiger partial charge in [0.05, 0.1) is 12.9 Å². The zero-order valence-electron chi connectivity index (χ0n) is 31.3. The van der Waals surface area contributed by atoms with Crippen molar-refractivity contribution in [2.24, 2.45) is 0 Å². The number of benzene rings is 4. The van der Waals surface area contributed by atoms with Crippen LogP contribution in [0.1, 0.15) is 47.8 Å². The molecular formula is C42H49N5O4Si2. The molecule has 6 aromatic rings. The van der Waals surface area contributed by atoms with Crippen molar-refractivity contribution in [3.63, 3.8) is 0 Å². The second-order valence-electron chi connectivity index (χ2n) is 15.9. The lowest BCUT2D eigenvalue weighted by Crippen LogP contribution is -2.69. The lowest BCUT2D eigenvalue weighted by atomic mass is 10.1. The van der Waals surface area contributed by atoms with E-state index in [4.69, 9.17) is 19.3 Å². The monoisotopic (exact) mass is 743 g/mol. The van der Waals surface area contributed by atoms with Gasteiger partial charge < -0.3 is 24.4 Å². The molecule has 0 radical (unpaired) electrons. The van der Waals surface area contributed by atoms with Crippen LogP contribution in [0, 0.1) is 0 Å². The molecule has 7 rings (SSSR count). The number of nitrogen functional groups attached to an aromatic ring is 1. The van der Waals surface area contributed by atoms with E-state index in [0.29, 0.717) is 11.2 Å². The predicted octanol–water partition coefficient (Wildman–Crippen LogP) is 5.19. The maximum atomic E-state index is 12.6. The summed E-state index contributed by atoms with van der Waals surface area (Å²) in [7, 11) is -6.15. The van der Waals surface area contributed by atoms with Gasteiger partial charge in [0.1, 0.15) is 30.2 Å². The van der Waals surface area contributed by atoms with Gasteiger partial charge in [-0.1, -0.05) is 163 Å². The van der Waals surface area contributed by atoms with Crippen LogP contribution < -0.4 is 26.5 Å². The molecule has 4 atom stereocenters. The Morgan fingerprint density at radius 1 is 0.679 bits per heavy atom. The van der Waals surface area contributed by atoms with Crippen molar-refractivity contribution in [3.8, 4) is 0 Å². The number of aromatic nitrogens is 4. The van der Waals surface area contributed by atoms with E-state index in [0.717, 1.165) is 20.7 Å². The summed E-state index contributed by atoms with van der Waals surface area (Å²) in [4.78, 5) is 13.3. The zero-order valence-corrected chi connectivity index (χ0v) is 33.3. The van der Waals surface area contributed by atoms with Crippen LogP contribution in [0.4, 0.5) is 5.82 Å². The third-order valence-electron chi connectivity index (χ3n) is 10.6. The Morgan fingerprint density at radius 3 is 1.58 bits per heavy atom. The number of nitrogens with two attached hydrogens (primary N) is 1. The highest BCUT2D eigenvalue weighted by Crippen LogP contribution is 2.44. The number of hydrogen-bond donors (Lipinski definition) is 2. The summed E-state index contributed by atoms with van der Waals surface area (Å²) in [6, 6.07) is 41.8. The largest absolute Gasteiger partial charge is 0.405 e. The van der Waals surface area contributed by atoms with Crippen molar-refractivity contribution < 1.29 is 18.7 Å². The Bertz CT molecular complexity index is 2040. The van der Waals surface area contributed by atoms with E-state index >= 15 is 0 Å². The molecule has 11 heteroatoms. The molecule has 1 aliphatic rings. The van der Waals surface area contributed by atoms with E-state index in [1.54, 1.807) is 6.33 Å². The van der Waals surface area contributed by atoms with Crippen LogP contribution in [0.2, 0.25) is 10.1 Å². The smallest absolute Gasteiger partial charge is 0.261 e. The van der Waals surface area contributed by atoms with E-state index in [1.807, 2.05) is 28.8 Å². The molecule has 1 fully saturated rings. The first-order chi connectivity index (χ1) is 25.4. The molecule has 0 aliphatic carbocycles. The van der Waals surface area contributed by atoms with Gasteiger partial charge in [-0.2, -0.15) is 0 Å². The number of hydrogen-bond acceptors (Lipinski definition) is 8. The summed E-state index contributed by atoms with van der Waals surface area (Å²) < 4.78 is 23.8. The number of anilines is 1. The highest BCUT2D eigenvalue weighted by atomic mass is 28.4. The van der Waals surface area contributed by atoms with E-state index < -0.39 is 41.2 Å². The number of aliphatic hydroxyl groups excluding tert-OH is 1. The number of rotatable bonds is 10. The normalized spacial score (nSPS) is 19.8. The summed E-state index contributed by atoms with van der Waals surface area (Å²) in [5.74, 6) is 0.267. The highest BCUT2D eigenvalue weighted by Gasteiger charge is 2.58. The molecule has 4 aromatic carbocycles. The van der Waals surface area contributed by atoms with Gasteiger partial charge in [0.2, 0.25) is 0 Å². The topological polar surface area (TPSA) is 118 Å². The minimum absolute atomic E-state index is 0.134. The quantitative estimate of drug-likeness (QED) is 0.184. The van der Waals surface area contributed by atoms with Crippen LogP contribution >= 0.6 is 0 Å². The number of ether oxygens (including phenoxy) is 1. The first kappa shape index (κ1) is 36.8. The zero-order chi connectivity index (χ0) is 37.4. The number of fused-ring (bicyclic) bond motifs is 1. The first-order valence-electron chi connectivity index (χ1n) is 18.2. The predicted molar refractivity (Wildman–Crippen MR) is 216 cm³/mol. The fourth-order valence-electron chi connectivity index (χ4n) is 8.13. The Labute approximate surface area is 314 Å². The van der Waals surface area contributed by atoms with Gasteiger partial charge in [-0.25, -0.2) is 15.0 Å². The van der Waals surface area contributed by atoms with Crippen LogP contribution in [-0.4, -0.2) is 66.2 Å². The summed E-state index contributed by atoms with van der Waals surface area (Å²) in [6.45, 7) is 13.5. The van der Waals surface area contributed by atoms with Crippen molar-refractivity contribution in [2.75, 3.05) is 12.3 Å². The maximum absolute atomic E-state index is 12.6. The highest BCUT2D eigenvalue weighted by molar-refractivity contribution is 7.00. The van der Waals surface area contributed by atoms with Gasteiger partial charge in [0, 0.05) is 0 Å². The Kier molecular flexibility index (Phi) is 10.0. The van der Waals surface area contributed by atoms with Crippen molar-refractivity contribution in [3.05, 3.63) is 134 Å². The molecule has 9 nitrogen and oxygen atoms in total. The Balaban J connectivity index is 1.36. The molecule has 0 unspecified atom stereocenters. The van der Waals surface area contributed by atoms with Gasteiger partial charge in [0.15, 0.2) is 17.7 Å². The van der Waals surface area contributed by atoms with Crippen molar-refractivity contribution >= 4 is 54.4 Å². The van der Waals surface area contributed by atoms with Crippen LogP contribution in [0.5, 0.6) is 0 Å². The summed E-state index contributed by atoms with van der Waals surface area (Å²) in [5.41, 5.74) is 7.22. The van der Waals surface area contributed by atoms with Crippen LogP contribution in [-0.2, 0) is 13.6 Å². The van der Waals surface area contributed by atoms with Crippen LogP contribution in [0.15, 0.2) is 134 Å². The van der Waals surface area contributed by atoms with E-state index in [9.17, 15) is 5.11 Å². The van der Waals surface area contributed by atoms with Gasteiger partial charge >= 0.3 is 0 Å². The fraction of sp³-hybridized carbons (Fsp3) is 0.310. The summed E-state index contributed by atoms with van der Waals surface area (Å²) in [6.07, 6.45) is -0.387. The number of imidazole rings is 1. The minimum Gasteiger partial charge on any atom is -0.405 e. The van der Waals surface area contributed by atoms with Gasteiger partial charge in [-0.05, 0) is 30.8 Å². The molecule has 2 aromatic heterocycles. The van der Waals surface area contributed by atoms with Crippen molar-refractivity contribution in [2.45, 2.75) is 76.2 Å². The third kappa shape index (κ3) is 6.45. The molecule has 3 N–H and O–H groups in total. The molecule has 3 heterocycles. The summed E-state index contributed by atoms with van der Waals surface area (Å²) >= 11 is 0. The first-order valence-corrected chi connectivity index (χ1v) is 22.0. The molecule has 1 saturated heterocycles. The molecule has 274 valence electrons. The fourth-order valence-corrected chi connectivity index (χ4v) is 17.4. The second kappa shape index (κ2) is 14.4. The SMILES string of the molecule is CC(C)(C)[Si](OC[C@H]1O[C@@H](n2cnc3c(N)ncnc32)[C@@H](O[Si](c2ccccc2)(c2ccccc2)C(C)(C)C)[C@@H]1O)(c1ccccc1)c1ccccc1. The van der Waals surface area contributed by atoms with Crippen molar-refractivity contribution in [1.29, 1.82) is 0 Å². The third-order valence-corrected chi connectivity index (χ3v) is 20.6. The maximum Gasteiger partial charge on any atom is 0.261 e. The average molecular weight is 744 g/mol. The number of aliphatic hydroxyl groups is 1.